The van der Waals surface area contributed by atoms with E-state index >= 15 is 0 Å². The zero-order chi connectivity index (χ0) is 14.8. The van der Waals surface area contributed by atoms with Crippen LogP contribution in [-0.4, -0.2) is 50.1 Å². The third-order valence-electron chi connectivity index (χ3n) is 4.00. The molecule has 2 aromatic heterocycles. The number of carbonyl (C=O) groups is 1. The molecule has 0 bridgehead atoms. The maximum Gasteiger partial charge on any atom is 0.266 e. The molecule has 1 atom stereocenters. The standard InChI is InChI=1S/C13H18N6OS.ClH/c1-9(14)10-2-5-18(6-3-10)13(20)12-11(4-7-21-12)19-8-15-16-17-19;/h4,7-10H,2-3,5-6,14H2,1H3;1H. The molecule has 1 aliphatic rings. The molecule has 1 fully saturated rings. The summed E-state index contributed by atoms with van der Waals surface area (Å²) in [5, 5.41) is 13.0. The molecule has 3 rings (SSSR count). The van der Waals surface area contributed by atoms with Crippen LogP contribution in [0.4, 0.5) is 0 Å². The van der Waals surface area contributed by atoms with Crippen LogP contribution in [-0.2, 0) is 0 Å². The van der Waals surface area contributed by atoms with Gasteiger partial charge in [0.1, 0.15) is 11.2 Å². The van der Waals surface area contributed by atoms with Crippen molar-refractivity contribution < 1.29 is 4.79 Å². The average molecular weight is 343 g/mol. The number of likely N-dealkylation sites (tertiary alicyclic amines) is 1. The van der Waals surface area contributed by atoms with Crippen LogP contribution in [0.3, 0.4) is 0 Å². The Labute approximate surface area is 138 Å². The van der Waals surface area contributed by atoms with Crippen molar-refractivity contribution in [2.75, 3.05) is 13.1 Å². The van der Waals surface area contributed by atoms with E-state index in [0.717, 1.165) is 31.6 Å². The van der Waals surface area contributed by atoms with E-state index in [-0.39, 0.29) is 24.4 Å². The second-order valence-corrected chi connectivity index (χ2v) is 6.29. The molecule has 1 saturated heterocycles. The first-order valence-corrected chi connectivity index (χ1v) is 7.90. The fraction of sp³-hybridized carbons (Fsp3) is 0.538. The van der Waals surface area contributed by atoms with Crippen molar-refractivity contribution >= 4 is 29.7 Å². The van der Waals surface area contributed by atoms with Gasteiger partial charge in [0.2, 0.25) is 0 Å². The highest BCUT2D eigenvalue weighted by Gasteiger charge is 2.27. The monoisotopic (exact) mass is 342 g/mol. The number of hydrogen-bond acceptors (Lipinski definition) is 6. The van der Waals surface area contributed by atoms with Gasteiger partial charge in [-0.3, -0.25) is 4.79 Å². The predicted octanol–water partition coefficient (Wildman–Crippen LogP) is 1.35. The van der Waals surface area contributed by atoms with Gasteiger partial charge in [-0.25, -0.2) is 0 Å². The zero-order valence-corrected chi connectivity index (χ0v) is 13.9. The number of nitrogens with two attached hydrogens (primary N) is 1. The molecule has 0 aromatic carbocycles. The quantitative estimate of drug-likeness (QED) is 0.909. The summed E-state index contributed by atoms with van der Waals surface area (Å²) < 4.78 is 1.53. The first kappa shape index (κ1) is 16.9. The topological polar surface area (TPSA) is 89.9 Å². The minimum absolute atomic E-state index is 0. The molecule has 0 saturated carbocycles. The van der Waals surface area contributed by atoms with Crippen molar-refractivity contribution in [3.05, 3.63) is 22.7 Å². The summed E-state index contributed by atoms with van der Waals surface area (Å²) in [5.74, 6) is 0.565. The van der Waals surface area contributed by atoms with Crippen LogP contribution in [0.2, 0.25) is 0 Å². The highest BCUT2D eigenvalue weighted by molar-refractivity contribution is 7.12. The van der Waals surface area contributed by atoms with Crippen molar-refractivity contribution in [1.82, 2.24) is 25.1 Å². The summed E-state index contributed by atoms with van der Waals surface area (Å²) in [7, 11) is 0. The second-order valence-electron chi connectivity index (χ2n) is 5.38. The number of halogens is 1. The molecular formula is C13H19ClN6OS. The summed E-state index contributed by atoms with van der Waals surface area (Å²) >= 11 is 1.42. The van der Waals surface area contributed by atoms with Gasteiger partial charge in [-0.1, -0.05) is 0 Å². The van der Waals surface area contributed by atoms with Crippen molar-refractivity contribution in [1.29, 1.82) is 0 Å². The third-order valence-corrected chi connectivity index (χ3v) is 4.90. The molecule has 1 unspecified atom stereocenters. The van der Waals surface area contributed by atoms with Crippen molar-refractivity contribution in [3.63, 3.8) is 0 Å². The van der Waals surface area contributed by atoms with E-state index < -0.39 is 0 Å². The lowest BCUT2D eigenvalue weighted by molar-refractivity contribution is 0.0686. The Morgan fingerprint density at radius 2 is 2.18 bits per heavy atom. The summed E-state index contributed by atoms with van der Waals surface area (Å²) in [6.07, 6.45) is 3.44. The van der Waals surface area contributed by atoms with Gasteiger partial charge in [-0.05, 0) is 47.6 Å². The summed E-state index contributed by atoms with van der Waals surface area (Å²) in [6, 6.07) is 2.06. The maximum atomic E-state index is 12.7. The normalized spacial score (nSPS) is 17.1. The Bertz CT molecular complexity index is 606. The summed E-state index contributed by atoms with van der Waals surface area (Å²) in [5.41, 5.74) is 6.68. The van der Waals surface area contributed by atoms with Gasteiger partial charge >= 0.3 is 0 Å². The molecular weight excluding hydrogens is 324 g/mol. The van der Waals surface area contributed by atoms with Crippen molar-refractivity contribution in [3.8, 4) is 5.69 Å². The highest BCUT2D eigenvalue weighted by atomic mass is 35.5. The van der Waals surface area contributed by atoms with Gasteiger partial charge in [0.05, 0.1) is 5.69 Å². The fourth-order valence-electron chi connectivity index (χ4n) is 2.69. The van der Waals surface area contributed by atoms with Crippen LogP contribution in [0.5, 0.6) is 0 Å². The number of thiophene rings is 1. The van der Waals surface area contributed by atoms with E-state index in [0.29, 0.717) is 10.8 Å². The minimum Gasteiger partial charge on any atom is -0.338 e. The van der Waals surface area contributed by atoms with Crippen LogP contribution in [0.15, 0.2) is 17.8 Å². The molecule has 2 aromatic rings. The number of tetrazole rings is 1. The number of rotatable bonds is 3. The lowest BCUT2D eigenvalue weighted by atomic mass is 9.91. The lowest BCUT2D eigenvalue weighted by Gasteiger charge is -2.33. The third kappa shape index (κ3) is 3.29. The lowest BCUT2D eigenvalue weighted by Crippen LogP contribution is -2.42. The Morgan fingerprint density at radius 1 is 1.45 bits per heavy atom. The number of aromatic nitrogens is 4. The van der Waals surface area contributed by atoms with E-state index in [2.05, 4.69) is 15.5 Å². The van der Waals surface area contributed by atoms with E-state index in [1.807, 2.05) is 23.3 Å². The van der Waals surface area contributed by atoms with E-state index in [4.69, 9.17) is 5.73 Å². The van der Waals surface area contributed by atoms with Gasteiger partial charge in [0.25, 0.3) is 5.91 Å². The van der Waals surface area contributed by atoms with Gasteiger partial charge in [0.15, 0.2) is 0 Å². The molecule has 22 heavy (non-hydrogen) atoms. The molecule has 3 heterocycles. The maximum absolute atomic E-state index is 12.7. The molecule has 0 radical (unpaired) electrons. The molecule has 2 N–H and O–H groups in total. The number of piperidine rings is 1. The van der Waals surface area contributed by atoms with E-state index in [1.54, 1.807) is 0 Å². The first-order chi connectivity index (χ1) is 10.2. The molecule has 1 amide bonds. The zero-order valence-electron chi connectivity index (χ0n) is 12.3. The Hall–Kier alpha value is -1.51. The predicted molar refractivity (Wildman–Crippen MR) is 86.6 cm³/mol. The summed E-state index contributed by atoms with van der Waals surface area (Å²) in [6.45, 7) is 3.56. The highest BCUT2D eigenvalue weighted by Crippen LogP contribution is 2.25. The molecule has 7 nitrogen and oxygen atoms in total. The van der Waals surface area contributed by atoms with Gasteiger partial charge in [-0.15, -0.1) is 28.8 Å². The molecule has 0 spiro atoms. The average Bonchev–Trinajstić information content (AvgIpc) is 3.17. The minimum atomic E-state index is 0. The molecule has 120 valence electrons. The van der Waals surface area contributed by atoms with Crippen LogP contribution in [0.1, 0.15) is 29.4 Å². The Kier molecular flexibility index (Phi) is 5.49. The smallest absolute Gasteiger partial charge is 0.266 e. The number of amides is 1. The number of hydrogen-bond donors (Lipinski definition) is 1. The molecule has 1 aliphatic heterocycles. The SMILES string of the molecule is CC(N)C1CCN(C(=O)c2sccc2-n2cnnn2)CC1.Cl. The van der Waals surface area contributed by atoms with Gasteiger partial charge < -0.3 is 10.6 Å². The number of carbonyl (C=O) groups excluding carboxylic acids is 1. The largest absolute Gasteiger partial charge is 0.338 e. The van der Waals surface area contributed by atoms with E-state index in [9.17, 15) is 4.79 Å². The fourth-order valence-corrected chi connectivity index (χ4v) is 3.53. The van der Waals surface area contributed by atoms with Crippen LogP contribution < -0.4 is 5.73 Å². The van der Waals surface area contributed by atoms with E-state index in [1.165, 1.54) is 22.3 Å². The molecule has 0 aliphatic carbocycles. The van der Waals surface area contributed by atoms with Crippen molar-refractivity contribution in [2.45, 2.75) is 25.8 Å². The first-order valence-electron chi connectivity index (χ1n) is 7.02. The summed E-state index contributed by atoms with van der Waals surface area (Å²) in [4.78, 5) is 15.3. The Balaban J connectivity index is 0.00000176. The van der Waals surface area contributed by atoms with Crippen LogP contribution >= 0.6 is 23.7 Å². The van der Waals surface area contributed by atoms with Crippen LogP contribution in [0, 0.1) is 5.92 Å². The van der Waals surface area contributed by atoms with Gasteiger partial charge in [-0.2, -0.15) is 4.68 Å². The van der Waals surface area contributed by atoms with Crippen LogP contribution in [0.25, 0.3) is 5.69 Å². The number of nitrogens with zero attached hydrogens (tertiary/aromatic N) is 5. The van der Waals surface area contributed by atoms with Crippen molar-refractivity contribution in [2.24, 2.45) is 11.7 Å². The molecule has 9 heteroatoms. The second kappa shape index (κ2) is 7.17. The van der Waals surface area contributed by atoms with Gasteiger partial charge in [0, 0.05) is 19.1 Å². The Morgan fingerprint density at radius 3 is 2.77 bits per heavy atom.